The van der Waals surface area contributed by atoms with E-state index >= 15 is 0 Å². The minimum absolute atomic E-state index is 0.0769. The van der Waals surface area contributed by atoms with Crippen molar-refractivity contribution in [3.8, 4) is 23.1 Å². The maximum atomic E-state index is 14.5. The molecule has 1 saturated heterocycles. The summed E-state index contributed by atoms with van der Waals surface area (Å²) in [5.41, 5.74) is 11.5. The van der Waals surface area contributed by atoms with Crippen molar-refractivity contribution in [3.05, 3.63) is 88.6 Å². The van der Waals surface area contributed by atoms with Gasteiger partial charge in [0.05, 0.1) is 29.1 Å². The Morgan fingerprint density at radius 2 is 1.89 bits per heavy atom. The van der Waals surface area contributed by atoms with Crippen LogP contribution in [0.4, 0.5) is 0 Å². The molecule has 3 heterocycles. The predicted molar refractivity (Wildman–Crippen MR) is 180 cm³/mol. The summed E-state index contributed by atoms with van der Waals surface area (Å²) in [5.74, 6) is 5.98. The van der Waals surface area contributed by atoms with E-state index in [1.54, 1.807) is 0 Å². The highest BCUT2D eigenvalue weighted by atomic mass is 32.2. The molecule has 0 saturated carbocycles. The lowest BCUT2D eigenvalue weighted by Gasteiger charge is -2.37. The Hall–Kier alpha value is -3.39. The molecule has 0 spiro atoms. The highest BCUT2D eigenvalue weighted by Crippen LogP contribution is 2.53. The molecule has 1 amide bonds. The fourth-order valence-corrected chi connectivity index (χ4v) is 8.08. The van der Waals surface area contributed by atoms with E-state index in [9.17, 15) is 14.1 Å². The van der Waals surface area contributed by atoms with Gasteiger partial charge < -0.3 is 10.8 Å². The van der Waals surface area contributed by atoms with E-state index in [4.69, 9.17) is 10.7 Å². The van der Waals surface area contributed by atoms with Gasteiger partial charge in [-0.15, -0.1) is 0 Å². The summed E-state index contributed by atoms with van der Waals surface area (Å²) >= 11 is 0. The van der Waals surface area contributed by atoms with Crippen molar-refractivity contribution in [2.24, 2.45) is 11.7 Å². The van der Waals surface area contributed by atoms with Crippen LogP contribution in [0.1, 0.15) is 78.4 Å². The number of carbonyl (C=O) groups is 1. The molecule has 5 rings (SSSR count). The van der Waals surface area contributed by atoms with Gasteiger partial charge in [0.1, 0.15) is 16.7 Å². The molecule has 0 bridgehead atoms. The van der Waals surface area contributed by atoms with Gasteiger partial charge in [0, 0.05) is 36.4 Å². The molecule has 0 radical (unpaired) electrons. The molecule has 2 aliphatic heterocycles. The summed E-state index contributed by atoms with van der Waals surface area (Å²) in [4.78, 5) is 22.0. The van der Waals surface area contributed by atoms with Crippen LogP contribution < -0.4 is 5.73 Å². The van der Waals surface area contributed by atoms with E-state index in [1.165, 1.54) is 5.56 Å². The number of amides is 1. The van der Waals surface area contributed by atoms with Crippen molar-refractivity contribution in [1.82, 2.24) is 19.1 Å². The lowest BCUT2D eigenvalue weighted by molar-refractivity contribution is 0.0995. The van der Waals surface area contributed by atoms with E-state index in [1.807, 2.05) is 76.2 Å². The average Bonchev–Trinajstić information content (AvgIpc) is 3.58. The van der Waals surface area contributed by atoms with Gasteiger partial charge in [-0.05, 0) is 89.5 Å². The van der Waals surface area contributed by atoms with Crippen LogP contribution in [0.5, 0.6) is 0 Å². The number of nitrogens with two attached hydrogens (primary N) is 1. The van der Waals surface area contributed by atoms with E-state index in [0.717, 1.165) is 48.3 Å². The molecular weight excluding hydrogens is 582 g/mol. The number of nitrogens with zero attached hydrogens (tertiary/aromatic N) is 4. The Kier molecular flexibility index (Phi) is 10.2. The van der Waals surface area contributed by atoms with Crippen LogP contribution >= 0.6 is 0 Å². The Bertz CT molecular complexity index is 1610. The molecule has 2 unspecified atom stereocenters. The van der Waals surface area contributed by atoms with Crippen LogP contribution in [0.25, 0.3) is 11.3 Å². The number of rotatable bonds is 9. The molecule has 9 heteroatoms. The number of aliphatic hydroxyl groups excluding tert-OH is 1. The fraction of sp³-hybridized carbons (Fsp3) is 0.444. The fourth-order valence-electron chi connectivity index (χ4n) is 6.51. The average molecular weight is 628 g/mol. The van der Waals surface area contributed by atoms with Crippen LogP contribution in [0.2, 0.25) is 0 Å². The maximum absolute atomic E-state index is 14.5. The largest absolute Gasteiger partial charge is 0.396 e. The standard InChI is InChI=1S/C36H45N5O3S/c1-36(2,3)45(44)41-31(17-20-42)32-29(34(41)28-16-19-40(24-28)23-26-11-7-6-8-12-26)22-30(35(37)43)38-33(32)27-15-9-13-25(21-27)14-10-18-39(4)5/h6-9,11-13,15,21-22,28,31,34,42H,16-20,23-24H2,1-5H3,(H2,37,43)/t28-,31?,34?,45+/m0/s1. The molecule has 45 heavy (non-hydrogen) atoms. The van der Waals surface area contributed by atoms with Gasteiger partial charge in [-0.1, -0.05) is 54.3 Å². The number of benzene rings is 2. The predicted octanol–water partition coefficient (Wildman–Crippen LogP) is 4.53. The number of fused-ring (bicyclic) bond motifs is 1. The molecule has 1 fully saturated rings. The van der Waals surface area contributed by atoms with E-state index in [2.05, 4.69) is 45.3 Å². The lowest BCUT2D eigenvalue weighted by atomic mass is 9.89. The molecule has 3 N–H and O–H groups in total. The Balaban J connectivity index is 1.65. The molecule has 3 aromatic rings. The molecular formula is C36H45N5O3S. The number of primary amides is 1. The normalized spacial score (nSPS) is 21.0. The summed E-state index contributed by atoms with van der Waals surface area (Å²) in [6.45, 7) is 9.09. The summed E-state index contributed by atoms with van der Waals surface area (Å²) < 4.78 is 16.0. The maximum Gasteiger partial charge on any atom is 0.267 e. The number of pyridine rings is 1. The molecule has 2 aromatic carbocycles. The van der Waals surface area contributed by atoms with Gasteiger partial charge in [0.15, 0.2) is 0 Å². The summed E-state index contributed by atoms with van der Waals surface area (Å²) in [7, 11) is 2.54. The monoisotopic (exact) mass is 627 g/mol. The first kappa shape index (κ1) is 33.0. The zero-order valence-corrected chi connectivity index (χ0v) is 27.8. The van der Waals surface area contributed by atoms with Crippen molar-refractivity contribution in [2.45, 2.75) is 57.0 Å². The van der Waals surface area contributed by atoms with E-state index < -0.39 is 21.6 Å². The third-order valence-corrected chi connectivity index (χ3v) is 10.4. The molecule has 8 nitrogen and oxygen atoms in total. The summed E-state index contributed by atoms with van der Waals surface area (Å²) in [5, 5.41) is 10.4. The third-order valence-electron chi connectivity index (χ3n) is 8.46. The minimum Gasteiger partial charge on any atom is -0.396 e. The smallest absolute Gasteiger partial charge is 0.267 e. The number of hydrogen-bond donors (Lipinski definition) is 2. The van der Waals surface area contributed by atoms with Gasteiger partial charge in [-0.3, -0.25) is 14.6 Å². The quantitative estimate of drug-likeness (QED) is 0.338. The molecule has 238 valence electrons. The van der Waals surface area contributed by atoms with Gasteiger partial charge >= 0.3 is 0 Å². The second-order valence-corrected chi connectivity index (χ2v) is 15.5. The van der Waals surface area contributed by atoms with Gasteiger partial charge in [0.25, 0.3) is 5.91 Å². The van der Waals surface area contributed by atoms with Crippen molar-refractivity contribution >= 4 is 16.9 Å². The second kappa shape index (κ2) is 13.9. The van der Waals surface area contributed by atoms with E-state index in [0.29, 0.717) is 18.7 Å². The Morgan fingerprint density at radius 1 is 1.13 bits per heavy atom. The van der Waals surface area contributed by atoms with Gasteiger partial charge in [-0.25, -0.2) is 13.5 Å². The number of aromatic nitrogens is 1. The Morgan fingerprint density at radius 3 is 2.56 bits per heavy atom. The van der Waals surface area contributed by atoms with Crippen LogP contribution in [0.15, 0.2) is 60.7 Å². The van der Waals surface area contributed by atoms with Crippen molar-refractivity contribution < 1.29 is 14.1 Å². The minimum atomic E-state index is -1.41. The first-order chi connectivity index (χ1) is 21.5. The zero-order valence-electron chi connectivity index (χ0n) is 27.0. The Labute approximate surface area is 270 Å². The molecule has 1 aromatic heterocycles. The third kappa shape index (κ3) is 7.37. The van der Waals surface area contributed by atoms with Gasteiger partial charge in [-0.2, -0.15) is 0 Å². The molecule has 2 aliphatic rings. The summed E-state index contributed by atoms with van der Waals surface area (Å²) in [6.07, 6.45) is 1.31. The van der Waals surface area contributed by atoms with Crippen molar-refractivity contribution in [3.63, 3.8) is 0 Å². The summed E-state index contributed by atoms with van der Waals surface area (Å²) in [6, 6.07) is 19.5. The van der Waals surface area contributed by atoms with Crippen molar-refractivity contribution in [1.29, 1.82) is 0 Å². The van der Waals surface area contributed by atoms with Crippen LogP contribution in [-0.4, -0.2) is 79.4 Å². The number of aliphatic hydroxyl groups is 1. The van der Waals surface area contributed by atoms with Crippen LogP contribution in [0.3, 0.4) is 0 Å². The number of hydrogen-bond acceptors (Lipinski definition) is 6. The lowest BCUT2D eigenvalue weighted by Crippen LogP contribution is -2.41. The van der Waals surface area contributed by atoms with Crippen LogP contribution in [-0.2, 0) is 17.5 Å². The topological polar surface area (TPSA) is 103 Å². The zero-order chi connectivity index (χ0) is 32.3. The first-order valence-electron chi connectivity index (χ1n) is 15.6. The highest BCUT2D eigenvalue weighted by molar-refractivity contribution is 7.84. The number of likely N-dealkylation sites (tertiary alicyclic amines) is 1. The first-order valence-corrected chi connectivity index (χ1v) is 16.7. The molecule has 0 aliphatic carbocycles. The molecule has 4 atom stereocenters. The van der Waals surface area contributed by atoms with Crippen molar-refractivity contribution in [2.75, 3.05) is 40.3 Å². The highest BCUT2D eigenvalue weighted by Gasteiger charge is 2.50. The number of carbonyl (C=O) groups excluding carboxylic acids is 1. The van der Waals surface area contributed by atoms with Gasteiger partial charge in [0.2, 0.25) is 0 Å². The SMILES string of the molecule is CN(C)CC#Cc1cccc(-c2nc(C(N)=O)cc3c2C(CCO)N([S@](=O)C(C)(C)C)C3[C@H]2CCN(Cc3ccccc3)C2)c1. The van der Waals surface area contributed by atoms with Crippen LogP contribution in [0, 0.1) is 17.8 Å². The van der Waals surface area contributed by atoms with E-state index in [-0.39, 0.29) is 30.3 Å². The second-order valence-electron chi connectivity index (χ2n) is 13.3.